The van der Waals surface area contributed by atoms with Crippen molar-refractivity contribution in [2.75, 3.05) is 13.1 Å². The van der Waals surface area contributed by atoms with Gasteiger partial charge in [-0.25, -0.2) is 0 Å². The van der Waals surface area contributed by atoms with E-state index in [1.165, 1.54) is 13.0 Å². The van der Waals surface area contributed by atoms with Crippen LogP contribution in [0, 0.1) is 5.92 Å². The van der Waals surface area contributed by atoms with Crippen LogP contribution >= 0.6 is 0 Å². The SMILES string of the molecule is CCC1(C)CNC(C(C)C)CN1C(C)C. The summed E-state index contributed by atoms with van der Waals surface area (Å²) in [6.45, 7) is 16.3. The lowest BCUT2D eigenvalue weighted by Crippen LogP contribution is -2.65. The second-order valence-corrected chi connectivity index (χ2v) is 5.83. The summed E-state index contributed by atoms with van der Waals surface area (Å²) < 4.78 is 0. The first-order valence-electron chi connectivity index (χ1n) is 6.41. The Morgan fingerprint density at radius 1 is 1.33 bits per heavy atom. The average molecular weight is 212 g/mol. The molecule has 1 aliphatic heterocycles. The molecule has 2 atom stereocenters. The van der Waals surface area contributed by atoms with Crippen LogP contribution in [0.3, 0.4) is 0 Å². The highest BCUT2D eigenvalue weighted by atomic mass is 15.3. The zero-order valence-corrected chi connectivity index (χ0v) is 11.3. The van der Waals surface area contributed by atoms with E-state index >= 15 is 0 Å². The summed E-state index contributed by atoms with van der Waals surface area (Å²) >= 11 is 0. The normalized spacial score (nSPS) is 34.0. The van der Waals surface area contributed by atoms with Gasteiger partial charge in [-0.1, -0.05) is 20.8 Å². The van der Waals surface area contributed by atoms with Crippen LogP contribution in [0.4, 0.5) is 0 Å². The maximum atomic E-state index is 3.70. The fourth-order valence-electron chi connectivity index (χ4n) is 2.56. The molecule has 1 aliphatic rings. The quantitative estimate of drug-likeness (QED) is 0.773. The fourth-order valence-corrected chi connectivity index (χ4v) is 2.56. The van der Waals surface area contributed by atoms with E-state index in [0.29, 0.717) is 17.6 Å². The Morgan fingerprint density at radius 3 is 2.33 bits per heavy atom. The Balaban J connectivity index is 2.74. The van der Waals surface area contributed by atoms with Gasteiger partial charge in [-0.15, -0.1) is 0 Å². The number of rotatable bonds is 3. The van der Waals surface area contributed by atoms with E-state index in [9.17, 15) is 0 Å². The van der Waals surface area contributed by atoms with E-state index in [1.54, 1.807) is 0 Å². The summed E-state index contributed by atoms with van der Waals surface area (Å²) in [5.74, 6) is 0.729. The largest absolute Gasteiger partial charge is 0.311 e. The Hall–Kier alpha value is -0.0800. The van der Waals surface area contributed by atoms with E-state index in [4.69, 9.17) is 0 Å². The third-order valence-electron chi connectivity index (χ3n) is 4.02. The molecule has 1 fully saturated rings. The third-order valence-corrected chi connectivity index (χ3v) is 4.02. The zero-order valence-electron chi connectivity index (χ0n) is 11.3. The van der Waals surface area contributed by atoms with Crippen LogP contribution in [-0.2, 0) is 0 Å². The second-order valence-electron chi connectivity index (χ2n) is 5.83. The summed E-state index contributed by atoms with van der Waals surface area (Å²) in [6.07, 6.45) is 1.23. The van der Waals surface area contributed by atoms with Crippen LogP contribution < -0.4 is 5.32 Å². The van der Waals surface area contributed by atoms with Gasteiger partial charge in [0.2, 0.25) is 0 Å². The molecule has 0 aliphatic carbocycles. The summed E-state index contributed by atoms with van der Waals surface area (Å²) in [5.41, 5.74) is 0.347. The van der Waals surface area contributed by atoms with E-state index in [1.807, 2.05) is 0 Å². The zero-order chi connectivity index (χ0) is 11.6. The maximum Gasteiger partial charge on any atom is 0.0306 e. The molecule has 0 amide bonds. The predicted octanol–water partition coefficient (Wildman–Crippen LogP) is 2.49. The molecule has 0 radical (unpaired) electrons. The highest BCUT2D eigenvalue weighted by Crippen LogP contribution is 2.26. The lowest BCUT2D eigenvalue weighted by atomic mass is 9.88. The molecule has 0 spiro atoms. The highest BCUT2D eigenvalue weighted by Gasteiger charge is 2.38. The second kappa shape index (κ2) is 4.84. The molecular formula is C13H28N2. The van der Waals surface area contributed by atoms with Crippen molar-refractivity contribution in [2.45, 2.75) is 65.6 Å². The minimum atomic E-state index is 0.347. The van der Waals surface area contributed by atoms with Crippen molar-refractivity contribution in [1.82, 2.24) is 10.2 Å². The Bertz CT molecular complexity index is 201. The van der Waals surface area contributed by atoms with Crippen molar-refractivity contribution in [3.8, 4) is 0 Å². The van der Waals surface area contributed by atoms with Crippen molar-refractivity contribution in [2.24, 2.45) is 5.92 Å². The molecule has 1 N–H and O–H groups in total. The van der Waals surface area contributed by atoms with Gasteiger partial charge in [0.1, 0.15) is 0 Å². The topological polar surface area (TPSA) is 15.3 Å². The van der Waals surface area contributed by atoms with Crippen LogP contribution in [0.1, 0.15) is 48.0 Å². The van der Waals surface area contributed by atoms with Crippen LogP contribution in [0.15, 0.2) is 0 Å². The molecule has 2 nitrogen and oxygen atoms in total. The maximum absolute atomic E-state index is 3.70. The Kier molecular flexibility index (Phi) is 4.19. The number of piperazine rings is 1. The van der Waals surface area contributed by atoms with Crippen molar-refractivity contribution in [3.05, 3.63) is 0 Å². The van der Waals surface area contributed by atoms with Crippen LogP contribution in [0.25, 0.3) is 0 Å². The summed E-state index contributed by atoms with van der Waals surface area (Å²) in [7, 11) is 0. The van der Waals surface area contributed by atoms with E-state index in [2.05, 4.69) is 51.8 Å². The standard InChI is InChI=1S/C13H28N2/c1-7-13(6)9-14-12(10(2)3)8-15(13)11(4)5/h10-12,14H,7-9H2,1-6H3. The van der Waals surface area contributed by atoms with Gasteiger partial charge in [-0.2, -0.15) is 0 Å². The molecule has 0 aromatic carbocycles. The van der Waals surface area contributed by atoms with Crippen molar-refractivity contribution in [3.63, 3.8) is 0 Å². The molecule has 0 aromatic heterocycles. The van der Waals surface area contributed by atoms with Gasteiger partial charge >= 0.3 is 0 Å². The lowest BCUT2D eigenvalue weighted by molar-refractivity contribution is 0.0134. The first-order chi connectivity index (χ1) is 6.90. The van der Waals surface area contributed by atoms with Gasteiger partial charge < -0.3 is 5.32 Å². The molecule has 2 unspecified atom stereocenters. The smallest absolute Gasteiger partial charge is 0.0306 e. The van der Waals surface area contributed by atoms with E-state index in [-0.39, 0.29) is 0 Å². The minimum absolute atomic E-state index is 0.347. The number of nitrogens with zero attached hydrogens (tertiary/aromatic N) is 1. The summed E-state index contributed by atoms with van der Waals surface area (Å²) in [5, 5.41) is 3.70. The average Bonchev–Trinajstić information content (AvgIpc) is 2.17. The molecular weight excluding hydrogens is 184 g/mol. The van der Waals surface area contributed by atoms with Gasteiger partial charge in [0.05, 0.1) is 0 Å². The van der Waals surface area contributed by atoms with Crippen LogP contribution in [0.5, 0.6) is 0 Å². The molecule has 2 heteroatoms. The van der Waals surface area contributed by atoms with Crippen LogP contribution in [-0.4, -0.2) is 35.6 Å². The molecule has 15 heavy (non-hydrogen) atoms. The van der Waals surface area contributed by atoms with Crippen LogP contribution in [0.2, 0.25) is 0 Å². The molecule has 1 saturated heterocycles. The van der Waals surface area contributed by atoms with Gasteiger partial charge in [0.25, 0.3) is 0 Å². The predicted molar refractivity (Wildman–Crippen MR) is 67.2 cm³/mol. The fraction of sp³-hybridized carbons (Fsp3) is 1.00. The molecule has 0 saturated carbocycles. The molecule has 0 aromatic rings. The number of hydrogen-bond donors (Lipinski definition) is 1. The van der Waals surface area contributed by atoms with Crippen molar-refractivity contribution < 1.29 is 0 Å². The van der Waals surface area contributed by atoms with Gasteiger partial charge in [-0.05, 0) is 33.1 Å². The van der Waals surface area contributed by atoms with Gasteiger partial charge in [0.15, 0.2) is 0 Å². The van der Waals surface area contributed by atoms with E-state index < -0.39 is 0 Å². The highest BCUT2D eigenvalue weighted by molar-refractivity contribution is 4.97. The first kappa shape index (κ1) is 13.0. The summed E-state index contributed by atoms with van der Waals surface area (Å²) in [4.78, 5) is 2.67. The molecule has 0 bridgehead atoms. The molecule has 1 heterocycles. The number of hydrogen-bond acceptors (Lipinski definition) is 2. The molecule has 1 rings (SSSR count). The number of nitrogens with one attached hydrogen (secondary N) is 1. The van der Waals surface area contributed by atoms with Crippen molar-refractivity contribution >= 4 is 0 Å². The van der Waals surface area contributed by atoms with Crippen molar-refractivity contribution in [1.29, 1.82) is 0 Å². The van der Waals surface area contributed by atoms with E-state index in [0.717, 1.165) is 12.5 Å². The molecule has 90 valence electrons. The monoisotopic (exact) mass is 212 g/mol. The lowest BCUT2D eigenvalue weighted by Gasteiger charge is -2.51. The summed E-state index contributed by atoms with van der Waals surface area (Å²) in [6, 6.07) is 1.31. The Morgan fingerprint density at radius 2 is 1.93 bits per heavy atom. The first-order valence-corrected chi connectivity index (χ1v) is 6.41. The third kappa shape index (κ3) is 2.73. The Labute approximate surface area is 95.4 Å². The minimum Gasteiger partial charge on any atom is -0.311 e. The van der Waals surface area contributed by atoms with Gasteiger partial charge in [0, 0.05) is 30.7 Å². The van der Waals surface area contributed by atoms with Gasteiger partial charge in [-0.3, -0.25) is 4.90 Å².